The fourth-order valence-corrected chi connectivity index (χ4v) is 2.26. The van der Waals surface area contributed by atoms with E-state index in [1.807, 2.05) is 24.3 Å². The van der Waals surface area contributed by atoms with Crippen LogP contribution in [0.25, 0.3) is 0 Å². The van der Waals surface area contributed by atoms with Gasteiger partial charge >= 0.3 is 0 Å². The van der Waals surface area contributed by atoms with E-state index >= 15 is 0 Å². The monoisotopic (exact) mass is 277 g/mol. The molecule has 1 aliphatic rings. The molecule has 0 aromatic heterocycles. The summed E-state index contributed by atoms with van der Waals surface area (Å²) in [5.41, 5.74) is 1.97. The summed E-state index contributed by atoms with van der Waals surface area (Å²) in [6.45, 7) is 4.21. The third kappa shape index (κ3) is 4.03. The van der Waals surface area contributed by atoms with Crippen molar-refractivity contribution in [1.82, 2.24) is 10.6 Å². The third-order valence-corrected chi connectivity index (χ3v) is 3.51. The van der Waals surface area contributed by atoms with Crippen molar-refractivity contribution >= 4 is 11.6 Å². The average Bonchev–Trinajstić information content (AvgIpc) is 2.47. The van der Waals surface area contributed by atoms with Gasteiger partial charge in [0.05, 0.1) is 12.6 Å². The lowest BCUT2D eigenvalue weighted by Crippen LogP contribution is -2.57. The van der Waals surface area contributed by atoms with Crippen molar-refractivity contribution in [3.63, 3.8) is 0 Å². The van der Waals surface area contributed by atoms with Gasteiger partial charge in [-0.15, -0.1) is 0 Å². The van der Waals surface area contributed by atoms with E-state index in [2.05, 4.69) is 22.9 Å². The Balaban J connectivity index is 1.96. The highest BCUT2D eigenvalue weighted by Gasteiger charge is 2.23. The second kappa shape index (κ2) is 7.38. The van der Waals surface area contributed by atoms with Gasteiger partial charge in [0.25, 0.3) is 0 Å². The Morgan fingerprint density at radius 3 is 2.85 bits per heavy atom. The number of amides is 1. The average molecular weight is 277 g/mol. The molecule has 0 bridgehead atoms. The number of hydrogen-bond acceptors (Lipinski definition) is 4. The molecule has 0 saturated carbocycles. The normalized spacial score (nSPS) is 22.5. The molecule has 5 heteroatoms. The number of piperazine rings is 1. The summed E-state index contributed by atoms with van der Waals surface area (Å²) in [4.78, 5) is 12.3. The Morgan fingerprint density at radius 2 is 2.15 bits per heavy atom. The minimum Gasteiger partial charge on any atom is -0.384 e. The summed E-state index contributed by atoms with van der Waals surface area (Å²) in [5.74, 6) is 0.00858. The lowest BCUT2D eigenvalue weighted by molar-refractivity contribution is -0.118. The number of rotatable bonds is 5. The van der Waals surface area contributed by atoms with Crippen LogP contribution < -0.4 is 16.0 Å². The van der Waals surface area contributed by atoms with E-state index in [-0.39, 0.29) is 11.9 Å². The zero-order valence-electron chi connectivity index (χ0n) is 12.1. The number of para-hydroxylation sites is 1. The first-order valence-electron chi connectivity index (χ1n) is 7.05. The summed E-state index contributed by atoms with van der Waals surface area (Å²) in [7, 11) is 1.68. The number of anilines is 1. The Hall–Kier alpha value is -1.43. The molecule has 1 aromatic rings. The topological polar surface area (TPSA) is 62.4 Å². The van der Waals surface area contributed by atoms with Gasteiger partial charge in [0.1, 0.15) is 0 Å². The Kier molecular flexibility index (Phi) is 5.52. The lowest BCUT2D eigenvalue weighted by Gasteiger charge is -2.28. The number of carbonyl (C=O) groups excluding carboxylic acids is 1. The SMILES string of the molecule is COCCc1ccccc1NC(=O)C1CNC(C)CN1. The number of carbonyl (C=O) groups is 1. The van der Waals surface area contributed by atoms with Crippen LogP contribution in [0.1, 0.15) is 12.5 Å². The maximum Gasteiger partial charge on any atom is 0.242 e. The van der Waals surface area contributed by atoms with Crippen molar-refractivity contribution in [2.45, 2.75) is 25.4 Å². The molecule has 1 fully saturated rings. The van der Waals surface area contributed by atoms with E-state index in [9.17, 15) is 4.79 Å². The predicted molar refractivity (Wildman–Crippen MR) is 79.9 cm³/mol. The maximum absolute atomic E-state index is 12.3. The van der Waals surface area contributed by atoms with E-state index in [0.29, 0.717) is 19.2 Å². The molecule has 5 nitrogen and oxygen atoms in total. The van der Waals surface area contributed by atoms with Gasteiger partial charge in [-0.2, -0.15) is 0 Å². The largest absolute Gasteiger partial charge is 0.384 e. The van der Waals surface area contributed by atoms with Crippen LogP contribution >= 0.6 is 0 Å². The van der Waals surface area contributed by atoms with Gasteiger partial charge < -0.3 is 20.7 Å². The van der Waals surface area contributed by atoms with Crippen LogP contribution in [-0.4, -0.2) is 44.8 Å². The van der Waals surface area contributed by atoms with E-state index in [1.54, 1.807) is 7.11 Å². The lowest BCUT2D eigenvalue weighted by atomic mass is 10.1. The van der Waals surface area contributed by atoms with Gasteiger partial charge in [-0.25, -0.2) is 0 Å². The fourth-order valence-electron chi connectivity index (χ4n) is 2.26. The van der Waals surface area contributed by atoms with Crippen LogP contribution in [0, 0.1) is 0 Å². The van der Waals surface area contributed by atoms with Gasteiger partial charge in [-0.05, 0) is 25.0 Å². The second-order valence-corrected chi connectivity index (χ2v) is 5.16. The first kappa shape index (κ1) is 15.0. The van der Waals surface area contributed by atoms with Crippen LogP contribution in [0.15, 0.2) is 24.3 Å². The predicted octanol–water partition coefficient (Wildman–Crippen LogP) is 0.764. The standard InChI is InChI=1S/C15H23N3O2/c1-11-9-17-14(10-16-11)15(19)18-13-6-4-3-5-12(13)7-8-20-2/h3-6,11,14,16-17H,7-10H2,1-2H3,(H,18,19). The van der Waals surface area contributed by atoms with Crippen molar-refractivity contribution in [3.05, 3.63) is 29.8 Å². The van der Waals surface area contributed by atoms with E-state index in [0.717, 1.165) is 24.2 Å². The van der Waals surface area contributed by atoms with Crippen LogP contribution in [0.4, 0.5) is 5.69 Å². The van der Waals surface area contributed by atoms with Crippen LogP contribution in [0.5, 0.6) is 0 Å². The van der Waals surface area contributed by atoms with Crippen molar-refractivity contribution < 1.29 is 9.53 Å². The summed E-state index contributed by atoms with van der Waals surface area (Å²) in [5, 5.41) is 9.56. The number of methoxy groups -OCH3 is 1. The molecule has 0 aliphatic carbocycles. The molecule has 1 aliphatic heterocycles. The molecule has 0 spiro atoms. The molecule has 2 rings (SSSR count). The summed E-state index contributed by atoms with van der Waals surface area (Å²) in [6.07, 6.45) is 0.792. The molecular formula is C15H23N3O2. The molecule has 2 atom stereocenters. The van der Waals surface area contributed by atoms with Crippen molar-refractivity contribution in [2.75, 3.05) is 32.1 Å². The maximum atomic E-state index is 12.3. The molecule has 1 saturated heterocycles. The van der Waals surface area contributed by atoms with Gasteiger partial charge in [0.2, 0.25) is 5.91 Å². The number of ether oxygens (including phenoxy) is 1. The first-order valence-corrected chi connectivity index (χ1v) is 7.05. The fraction of sp³-hybridized carbons (Fsp3) is 0.533. The van der Waals surface area contributed by atoms with Crippen LogP contribution in [-0.2, 0) is 16.0 Å². The summed E-state index contributed by atoms with van der Waals surface area (Å²) < 4.78 is 5.10. The van der Waals surface area contributed by atoms with Crippen molar-refractivity contribution in [2.24, 2.45) is 0 Å². The highest BCUT2D eigenvalue weighted by molar-refractivity contribution is 5.95. The summed E-state index contributed by atoms with van der Waals surface area (Å²) in [6, 6.07) is 8.09. The molecular weight excluding hydrogens is 254 g/mol. The Labute approximate surface area is 120 Å². The smallest absolute Gasteiger partial charge is 0.242 e. The van der Waals surface area contributed by atoms with Crippen molar-refractivity contribution in [1.29, 1.82) is 0 Å². The zero-order chi connectivity index (χ0) is 14.4. The highest BCUT2D eigenvalue weighted by atomic mass is 16.5. The van der Waals surface area contributed by atoms with Gasteiger partial charge in [0.15, 0.2) is 0 Å². The quantitative estimate of drug-likeness (QED) is 0.744. The highest BCUT2D eigenvalue weighted by Crippen LogP contribution is 2.16. The summed E-state index contributed by atoms with van der Waals surface area (Å²) >= 11 is 0. The second-order valence-electron chi connectivity index (χ2n) is 5.16. The van der Waals surface area contributed by atoms with Gasteiger partial charge in [-0.1, -0.05) is 18.2 Å². The Morgan fingerprint density at radius 1 is 1.35 bits per heavy atom. The van der Waals surface area contributed by atoms with Crippen molar-refractivity contribution in [3.8, 4) is 0 Å². The number of benzene rings is 1. The molecule has 3 N–H and O–H groups in total. The third-order valence-electron chi connectivity index (χ3n) is 3.51. The Bertz CT molecular complexity index is 442. The number of nitrogens with one attached hydrogen (secondary N) is 3. The van der Waals surface area contributed by atoms with E-state index in [1.165, 1.54) is 0 Å². The first-order chi connectivity index (χ1) is 9.70. The molecule has 20 heavy (non-hydrogen) atoms. The number of hydrogen-bond donors (Lipinski definition) is 3. The van der Waals surface area contributed by atoms with E-state index in [4.69, 9.17) is 4.74 Å². The minimum absolute atomic E-state index is 0.00858. The molecule has 2 unspecified atom stereocenters. The van der Waals surface area contributed by atoms with Gasteiger partial charge in [0, 0.05) is 31.9 Å². The van der Waals surface area contributed by atoms with Gasteiger partial charge in [-0.3, -0.25) is 4.79 Å². The van der Waals surface area contributed by atoms with Crippen LogP contribution in [0.2, 0.25) is 0 Å². The molecule has 110 valence electrons. The molecule has 1 heterocycles. The van der Waals surface area contributed by atoms with Crippen LogP contribution in [0.3, 0.4) is 0 Å². The molecule has 1 amide bonds. The minimum atomic E-state index is -0.179. The molecule has 0 radical (unpaired) electrons. The zero-order valence-corrected chi connectivity index (χ0v) is 12.1. The van der Waals surface area contributed by atoms with E-state index < -0.39 is 0 Å². The molecule has 1 aromatic carbocycles.